The average Bonchev–Trinajstić information content (AvgIpc) is 2.79. The van der Waals surface area contributed by atoms with E-state index in [1.807, 2.05) is 0 Å². The van der Waals surface area contributed by atoms with Gasteiger partial charge < -0.3 is 4.74 Å². The first-order valence-electron chi connectivity index (χ1n) is 8.64. The minimum Gasteiger partial charge on any atom is -0.469 e. The Hall–Kier alpha value is -0.620. The molecule has 23 heavy (non-hydrogen) atoms. The van der Waals surface area contributed by atoms with Crippen LogP contribution >= 0.6 is 22.6 Å². The Morgan fingerprint density at radius 2 is 2.17 bits per heavy atom. The smallest absolute Gasteiger partial charge is 0.310 e. The molecule has 3 rings (SSSR count). The number of methoxy groups -OCH3 is 1. The summed E-state index contributed by atoms with van der Waals surface area (Å²) in [4.78, 5) is 14.9. The van der Waals surface area contributed by atoms with Crippen LogP contribution in [-0.2, 0) is 16.0 Å². The largest absolute Gasteiger partial charge is 0.469 e. The highest BCUT2D eigenvalue weighted by Crippen LogP contribution is 2.46. The fourth-order valence-electron chi connectivity index (χ4n) is 4.53. The standard InChI is InChI=1S/C19H26INO2/c1-4-5-12-6-7-13(10-16(12)20)15-11-14-8-9-17(21(14)2)18(15)19(22)23-3/h6-7,10,14-15,17-18H,4-5,8-9,11H2,1-3H3/t14-,15+,17+,18-/m0/s1. The second-order valence-corrected chi connectivity index (χ2v) is 8.12. The maximum absolute atomic E-state index is 12.5. The van der Waals surface area contributed by atoms with Crippen LogP contribution in [0, 0.1) is 9.49 Å². The number of aryl methyl sites for hydroxylation is 1. The third kappa shape index (κ3) is 3.16. The molecule has 0 aromatic heterocycles. The number of piperidine rings is 1. The molecule has 3 nitrogen and oxygen atoms in total. The lowest BCUT2D eigenvalue weighted by Gasteiger charge is -2.41. The topological polar surface area (TPSA) is 29.5 Å². The lowest BCUT2D eigenvalue weighted by molar-refractivity contribution is -0.150. The van der Waals surface area contributed by atoms with Crippen LogP contribution in [-0.4, -0.2) is 37.1 Å². The Labute approximate surface area is 152 Å². The van der Waals surface area contributed by atoms with Gasteiger partial charge in [0.05, 0.1) is 13.0 Å². The van der Waals surface area contributed by atoms with Crippen molar-refractivity contribution in [3.05, 3.63) is 32.9 Å². The van der Waals surface area contributed by atoms with Gasteiger partial charge in [-0.1, -0.05) is 25.5 Å². The number of nitrogens with zero attached hydrogens (tertiary/aromatic N) is 1. The third-order valence-corrected chi connectivity index (χ3v) is 6.77. The summed E-state index contributed by atoms with van der Waals surface area (Å²) in [5.74, 6) is 0.219. The molecule has 4 heteroatoms. The van der Waals surface area contributed by atoms with Crippen LogP contribution in [0.15, 0.2) is 18.2 Å². The van der Waals surface area contributed by atoms with E-state index in [-0.39, 0.29) is 11.9 Å². The summed E-state index contributed by atoms with van der Waals surface area (Å²) in [5, 5.41) is 0. The zero-order valence-corrected chi connectivity index (χ0v) is 16.4. The van der Waals surface area contributed by atoms with Crippen molar-refractivity contribution in [1.82, 2.24) is 4.90 Å². The summed E-state index contributed by atoms with van der Waals surface area (Å²) in [7, 11) is 3.69. The predicted octanol–water partition coefficient (Wildman–Crippen LogP) is 3.98. The van der Waals surface area contributed by atoms with Crippen LogP contribution in [0.3, 0.4) is 0 Å². The predicted molar refractivity (Wildman–Crippen MR) is 101 cm³/mol. The molecule has 4 atom stereocenters. The van der Waals surface area contributed by atoms with E-state index in [1.54, 1.807) is 0 Å². The zero-order valence-electron chi connectivity index (χ0n) is 14.2. The molecule has 2 aliphatic rings. The fourth-order valence-corrected chi connectivity index (χ4v) is 5.34. The van der Waals surface area contributed by atoms with Gasteiger partial charge in [-0.3, -0.25) is 9.69 Å². The first-order valence-corrected chi connectivity index (χ1v) is 9.72. The minimum absolute atomic E-state index is 0.0309. The summed E-state index contributed by atoms with van der Waals surface area (Å²) in [6, 6.07) is 7.75. The van der Waals surface area contributed by atoms with Gasteiger partial charge in [0.2, 0.25) is 0 Å². The summed E-state index contributed by atoms with van der Waals surface area (Å²) in [5.41, 5.74) is 2.73. The Kier molecular flexibility index (Phi) is 5.31. The SMILES string of the molecule is CCCc1ccc([C@H]2C[C@@H]3CC[C@H]([C@H]2C(=O)OC)N3C)cc1I. The van der Waals surface area contributed by atoms with Crippen molar-refractivity contribution in [2.75, 3.05) is 14.2 Å². The number of carbonyl (C=O) groups is 1. The fraction of sp³-hybridized carbons (Fsp3) is 0.632. The van der Waals surface area contributed by atoms with Crippen molar-refractivity contribution in [3.8, 4) is 0 Å². The molecule has 2 bridgehead atoms. The van der Waals surface area contributed by atoms with Crippen molar-refractivity contribution < 1.29 is 9.53 Å². The normalized spacial score (nSPS) is 30.4. The van der Waals surface area contributed by atoms with Crippen LogP contribution in [0.25, 0.3) is 0 Å². The summed E-state index contributed by atoms with van der Waals surface area (Å²) in [6.07, 6.45) is 5.67. The third-order valence-electron chi connectivity index (χ3n) is 5.77. The Bertz CT molecular complexity index is 589. The number of halogens is 1. The van der Waals surface area contributed by atoms with Gasteiger partial charge in [-0.25, -0.2) is 0 Å². The van der Waals surface area contributed by atoms with E-state index in [9.17, 15) is 4.79 Å². The molecule has 126 valence electrons. The number of hydrogen-bond donors (Lipinski definition) is 0. The average molecular weight is 427 g/mol. The van der Waals surface area contributed by atoms with Crippen LogP contribution in [0.5, 0.6) is 0 Å². The molecule has 2 saturated heterocycles. The van der Waals surface area contributed by atoms with E-state index < -0.39 is 0 Å². The van der Waals surface area contributed by atoms with Crippen molar-refractivity contribution in [3.63, 3.8) is 0 Å². The maximum Gasteiger partial charge on any atom is 0.310 e. The van der Waals surface area contributed by atoms with Gasteiger partial charge in [0, 0.05) is 21.6 Å². The molecule has 0 unspecified atom stereocenters. The molecular formula is C19H26INO2. The number of benzene rings is 1. The van der Waals surface area contributed by atoms with Crippen LogP contribution in [0.1, 0.15) is 49.7 Å². The van der Waals surface area contributed by atoms with Gasteiger partial charge in [-0.2, -0.15) is 0 Å². The van der Waals surface area contributed by atoms with E-state index in [4.69, 9.17) is 4.74 Å². The van der Waals surface area contributed by atoms with E-state index >= 15 is 0 Å². The van der Waals surface area contributed by atoms with Crippen molar-refractivity contribution in [1.29, 1.82) is 0 Å². The summed E-state index contributed by atoms with van der Waals surface area (Å²) < 4.78 is 6.50. The van der Waals surface area contributed by atoms with Gasteiger partial charge in [0.25, 0.3) is 0 Å². The molecule has 1 aromatic carbocycles. The van der Waals surface area contributed by atoms with Crippen molar-refractivity contribution in [2.24, 2.45) is 5.92 Å². The van der Waals surface area contributed by atoms with Crippen LogP contribution in [0.4, 0.5) is 0 Å². The van der Waals surface area contributed by atoms with Gasteiger partial charge >= 0.3 is 5.97 Å². The molecule has 0 amide bonds. The van der Waals surface area contributed by atoms with Crippen molar-refractivity contribution in [2.45, 2.75) is 57.0 Å². The molecule has 0 spiro atoms. The Morgan fingerprint density at radius 3 is 2.83 bits per heavy atom. The number of esters is 1. The van der Waals surface area contributed by atoms with Crippen molar-refractivity contribution >= 4 is 28.6 Å². The lowest BCUT2D eigenvalue weighted by atomic mass is 9.76. The summed E-state index contributed by atoms with van der Waals surface area (Å²) in [6.45, 7) is 2.21. The maximum atomic E-state index is 12.5. The molecule has 2 aliphatic heterocycles. The van der Waals surface area contributed by atoms with Crippen LogP contribution in [0.2, 0.25) is 0 Å². The van der Waals surface area contributed by atoms with E-state index in [2.05, 4.69) is 59.7 Å². The van der Waals surface area contributed by atoms with Gasteiger partial charge in [-0.05, 0) is 72.5 Å². The number of rotatable bonds is 4. The monoisotopic (exact) mass is 427 g/mol. The minimum atomic E-state index is -0.0418. The highest BCUT2D eigenvalue weighted by atomic mass is 127. The quantitative estimate of drug-likeness (QED) is 0.538. The zero-order chi connectivity index (χ0) is 16.6. The number of carbonyl (C=O) groups excluding carboxylic acids is 1. The van der Waals surface area contributed by atoms with E-state index in [0.29, 0.717) is 18.0 Å². The molecule has 0 N–H and O–H groups in total. The highest BCUT2D eigenvalue weighted by Gasteiger charge is 2.49. The molecule has 2 fully saturated rings. The number of hydrogen-bond acceptors (Lipinski definition) is 3. The second kappa shape index (κ2) is 7.09. The lowest BCUT2D eigenvalue weighted by Crippen LogP contribution is -2.49. The molecule has 1 aromatic rings. The Balaban J connectivity index is 1.93. The molecule has 0 aliphatic carbocycles. The van der Waals surface area contributed by atoms with Gasteiger partial charge in [0.15, 0.2) is 0 Å². The first kappa shape index (κ1) is 17.2. The number of fused-ring (bicyclic) bond motifs is 2. The highest BCUT2D eigenvalue weighted by molar-refractivity contribution is 14.1. The Morgan fingerprint density at radius 1 is 1.39 bits per heavy atom. The summed E-state index contributed by atoms with van der Waals surface area (Å²) >= 11 is 2.44. The van der Waals surface area contributed by atoms with E-state index in [0.717, 1.165) is 19.3 Å². The second-order valence-electron chi connectivity index (χ2n) is 6.96. The van der Waals surface area contributed by atoms with Gasteiger partial charge in [0.1, 0.15) is 0 Å². The molecular weight excluding hydrogens is 401 g/mol. The van der Waals surface area contributed by atoms with Gasteiger partial charge in [-0.15, -0.1) is 0 Å². The molecule has 2 heterocycles. The van der Waals surface area contributed by atoms with Crippen LogP contribution < -0.4 is 0 Å². The molecule has 0 saturated carbocycles. The first-order chi connectivity index (χ1) is 11.1. The number of ether oxygens (including phenoxy) is 1. The van der Waals surface area contributed by atoms with E-state index in [1.165, 1.54) is 34.6 Å². The molecule has 0 radical (unpaired) electrons.